The summed E-state index contributed by atoms with van der Waals surface area (Å²) in [5.41, 5.74) is 2.00. The Hall–Kier alpha value is -4.33. The topological polar surface area (TPSA) is 102 Å². The summed E-state index contributed by atoms with van der Waals surface area (Å²) in [4.78, 5) is 30.8. The number of hydrogen-bond donors (Lipinski definition) is 1. The van der Waals surface area contributed by atoms with Crippen LogP contribution in [0.2, 0.25) is 0 Å². The van der Waals surface area contributed by atoms with E-state index in [1.165, 1.54) is 31.3 Å². The maximum atomic E-state index is 12.6. The lowest BCUT2D eigenvalue weighted by Crippen LogP contribution is -2.26. The fraction of sp³-hybridized carbons (Fsp3) is 0.0870. The van der Waals surface area contributed by atoms with Crippen molar-refractivity contribution in [3.05, 3.63) is 78.2 Å². The molecule has 3 aromatic rings. The molecule has 0 atom stereocenters. The molecule has 8 nitrogen and oxygen atoms in total. The number of carbonyl (C=O) groups excluding carboxylic acids is 2. The number of nitrogens with zero attached hydrogens (tertiary/aromatic N) is 2. The Balaban J connectivity index is 1.87. The first kappa shape index (κ1) is 20.0. The molecule has 1 aromatic heterocycles. The third kappa shape index (κ3) is 3.66. The molecule has 0 saturated carbocycles. The van der Waals surface area contributed by atoms with Crippen LogP contribution in [-0.4, -0.2) is 36.2 Å². The van der Waals surface area contributed by atoms with Crippen LogP contribution in [0.25, 0.3) is 22.6 Å². The molecular formula is C23H18N2O6. The van der Waals surface area contributed by atoms with E-state index < -0.39 is 11.9 Å². The minimum absolute atomic E-state index is 0.0239. The molecule has 4 rings (SSSR count). The number of oxazole rings is 1. The van der Waals surface area contributed by atoms with Crippen LogP contribution in [0.15, 0.2) is 82.6 Å². The van der Waals surface area contributed by atoms with Crippen LogP contribution in [0.3, 0.4) is 0 Å². The van der Waals surface area contributed by atoms with Crippen molar-refractivity contribution in [1.29, 1.82) is 0 Å². The van der Waals surface area contributed by atoms with Crippen molar-refractivity contribution in [1.82, 2.24) is 4.98 Å². The highest BCUT2D eigenvalue weighted by Crippen LogP contribution is 2.36. The van der Waals surface area contributed by atoms with Crippen LogP contribution in [0.1, 0.15) is 0 Å². The van der Waals surface area contributed by atoms with Gasteiger partial charge >= 0.3 is 11.9 Å². The van der Waals surface area contributed by atoms with Crippen molar-refractivity contribution < 1.29 is 28.6 Å². The van der Waals surface area contributed by atoms with Crippen LogP contribution in [0, 0.1) is 0 Å². The van der Waals surface area contributed by atoms with Crippen molar-refractivity contribution in [2.45, 2.75) is 0 Å². The SMILES string of the molecule is COC(=O)C1=C(C(=O)OC)N(c2ccc(O)c(-c3nc4ccccc4o3)c2)C=CC=C1. The van der Waals surface area contributed by atoms with E-state index in [0.29, 0.717) is 22.4 Å². The van der Waals surface area contributed by atoms with E-state index in [4.69, 9.17) is 13.9 Å². The molecule has 8 heteroatoms. The summed E-state index contributed by atoms with van der Waals surface area (Å²) in [7, 11) is 2.45. The second kappa shape index (κ2) is 8.19. The zero-order valence-corrected chi connectivity index (χ0v) is 16.7. The number of rotatable bonds is 4. The number of carbonyl (C=O) groups is 2. The van der Waals surface area contributed by atoms with Crippen molar-refractivity contribution >= 4 is 28.7 Å². The van der Waals surface area contributed by atoms with Gasteiger partial charge in [-0.3, -0.25) is 0 Å². The molecule has 0 unspecified atom stereocenters. The van der Waals surface area contributed by atoms with Crippen molar-refractivity contribution in [2.24, 2.45) is 0 Å². The van der Waals surface area contributed by atoms with E-state index >= 15 is 0 Å². The number of methoxy groups -OCH3 is 2. The van der Waals surface area contributed by atoms with Gasteiger partial charge in [0.15, 0.2) is 5.58 Å². The Morgan fingerprint density at radius 1 is 1.03 bits per heavy atom. The summed E-state index contributed by atoms with van der Waals surface area (Å²) in [5, 5.41) is 10.4. The molecule has 0 saturated heterocycles. The second-order valence-electron chi connectivity index (χ2n) is 6.50. The first-order valence-electron chi connectivity index (χ1n) is 9.27. The molecule has 0 radical (unpaired) electrons. The van der Waals surface area contributed by atoms with E-state index in [1.807, 2.05) is 12.1 Å². The first-order valence-corrected chi connectivity index (χ1v) is 9.27. The van der Waals surface area contributed by atoms with E-state index in [9.17, 15) is 14.7 Å². The van der Waals surface area contributed by atoms with Crippen molar-refractivity contribution in [3.8, 4) is 17.2 Å². The number of ether oxygens (including phenoxy) is 2. The Labute approximate surface area is 177 Å². The van der Waals surface area contributed by atoms with Crippen molar-refractivity contribution in [2.75, 3.05) is 19.1 Å². The van der Waals surface area contributed by atoms with Gasteiger partial charge in [0.1, 0.15) is 17.0 Å². The third-order valence-corrected chi connectivity index (χ3v) is 4.67. The zero-order valence-electron chi connectivity index (χ0n) is 16.7. The van der Waals surface area contributed by atoms with Gasteiger partial charge in [-0.05, 0) is 42.5 Å². The van der Waals surface area contributed by atoms with Crippen LogP contribution >= 0.6 is 0 Å². The van der Waals surface area contributed by atoms with Gasteiger partial charge in [0.2, 0.25) is 5.89 Å². The number of phenols is 1. The molecule has 0 aliphatic carbocycles. The highest BCUT2D eigenvalue weighted by Gasteiger charge is 2.28. The smallest absolute Gasteiger partial charge is 0.355 e. The molecule has 156 valence electrons. The van der Waals surface area contributed by atoms with E-state index in [0.717, 1.165) is 0 Å². The molecule has 0 bridgehead atoms. The maximum Gasteiger partial charge on any atom is 0.355 e. The zero-order chi connectivity index (χ0) is 22.0. The lowest BCUT2D eigenvalue weighted by molar-refractivity contribution is -0.139. The molecule has 0 fully saturated rings. The lowest BCUT2D eigenvalue weighted by Gasteiger charge is -2.23. The minimum atomic E-state index is -0.729. The fourth-order valence-electron chi connectivity index (χ4n) is 3.20. The third-order valence-electron chi connectivity index (χ3n) is 4.67. The molecule has 2 heterocycles. The fourth-order valence-corrected chi connectivity index (χ4v) is 3.20. The normalized spacial score (nSPS) is 13.4. The predicted octanol–water partition coefficient (Wildman–Crippen LogP) is 3.69. The number of phenolic OH excluding ortho intramolecular Hbond substituents is 1. The average Bonchev–Trinajstić information content (AvgIpc) is 3.10. The Kier molecular flexibility index (Phi) is 5.28. The summed E-state index contributed by atoms with van der Waals surface area (Å²) in [5.74, 6) is -1.25. The van der Waals surface area contributed by atoms with Crippen LogP contribution in [-0.2, 0) is 19.1 Å². The Morgan fingerprint density at radius 3 is 2.55 bits per heavy atom. The molecule has 1 aliphatic heterocycles. The van der Waals surface area contributed by atoms with Crippen LogP contribution in [0.4, 0.5) is 5.69 Å². The molecule has 0 amide bonds. The summed E-state index contributed by atoms with van der Waals surface area (Å²) < 4.78 is 15.5. The number of hydrogen-bond acceptors (Lipinski definition) is 8. The summed E-state index contributed by atoms with van der Waals surface area (Å²) in [6.07, 6.45) is 6.33. The summed E-state index contributed by atoms with van der Waals surface area (Å²) >= 11 is 0. The van der Waals surface area contributed by atoms with E-state index in [2.05, 4.69) is 4.98 Å². The molecular weight excluding hydrogens is 400 g/mol. The summed E-state index contributed by atoms with van der Waals surface area (Å²) in [6, 6.07) is 11.9. The number of allylic oxidation sites excluding steroid dienone is 2. The Morgan fingerprint density at radius 2 is 1.81 bits per heavy atom. The van der Waals surface area contributed by atoms with Crippen LogP contribution in [0.5, 0.6) is 5.75 Å². The van der Waals surface area contributed by atoms with Crippen LogP contribution < -0.4 is 4.90 Å². The molecule has 31 heavy (non-hydrogen) atoms. The number of fused-ring (bicyclic) bond motifs is 1. The number of para-hydroxylation sites is 2. The maximum absolute atomic E-state index is 12.6. The largest absolute Gasteiger partial charge is 0.507 e. The number of benzene rings is 2. The monoisotopic (exact) mass is 418 g/mol. The Bertz CT molecular complexity index is 1240. The van der Waals surface area contributed by atoms with E-state index in [-0.39, 0.29) is 22.9 Å². The van der Waals surface area contributed by atoms with Crippen molar-refractivity contribution in [3.63, 3.8) is 0 Å². The lowest BCUT2D eigenvalue weighted by atomic mass is 10.1. The number of esters is 2. The average molecular weight is 418 g/mol. The number of aromatic nitrogens is 1. The van der Waals surface area contributed by atoms with Gasteiger partial charge in [0, 0.05) is 11.9 Å². The quantitative estimate of drug-likeness (QED) is 0.640. The van der Waals surface area contributed by atoms with Gasteiger partial charge in [0.25, 0.3) is 0 Å². The van der Waals surface area contributed by atoms with Gasteiger partial charge in [-0.1, -0.05) is 18.2 Å². The first-order chi connectivity index (χ1) is 15.0. The molecule has 2 aromatic carbocycles. The minimum Gasteiger partial charge on any atom is -0.507 e. The van der Waals surface area contributed by atoms with Gasteiger partial charge in [0.05, 0.1) is 25.4 Å². The standard InChI is InChI=1S/C23H18N2O6/c1-29-22(27)15-7-5-6-12-25(20(15)23(28)30-2)14-10-11-18(26)16(13-14)21-24-17-8-3-4-9-19(17)31-21/h3-13,26H,1-2H3. The summed E-state index contributed by atoms with van der Waals surface area (Å²) in [6.45, 7) is 0. The van der Waals surface area contributed by atoms with Gasteiger partial charge in [-0.2, -0.15) is 0 Å². The van der Waals surface area contributed by atoms with Gasteiger partial charge < -0.3 is 23.9 Å². The predicted molar refractivity (Wildman–Crippen MR) is 113 cm³/mol. The molecule has 0 spiro atoms. The van der Waals surface area contributed by atoms with Gasteiger partial charge in [-0.25, -0.2) is 14.6 Å². The molecule has 1 N–H and O–H groups in total. The number of aromatic hydroxyl groups is 1. The highest BCUT2D eigenvalue weighted by atomic mass is 16.5. The number of anilines is 1. The second-order valence-corrected chi connectivity index (χ2v) is 6.50. The molecule has 1 aliphatic rings. The van der Waals surface area contributed by atoms with E-state index in [1.54, 1.807) is 42.6 Å². The highest BCUT2D eigenvalue weighted by molar-refractivity contribution is 6.05. The van der Waals surface area contributed by atoms with Gasteiger partial charge in [-0.15, -0.1) is 0 Å².